The van der Waals surface area contributed by atoms with Crippen molar-refractivity contribution < 1.29 is 9.53 Å². The van der Waals surface area contributed by atoms with E-state index < -0.39 is 0 Å². The molecule has 0 aliphatic carbocycles. The molecular formula is C19H29N3O2. The summed E-state index contributed by atoms with van der Waals surface area (Å²) in [5.74, 6) is 0. The Morgan fingerprint density at radius 1 is 1.08 bits per heavy atom. The maximum absolute atomic E-state index is 12.7. The molecule has 0 bridgehead atoms. The van der Waals surface area contributed by atoms with Gasteiger partial charge in [0.1, 0.15) is 0 Å². The van der Waals surface area contributed by atoms with Gasteiger partial charge in [0.25, 0.3) is 0 Å². The summed E-state index contributed by atoms with van der Waals surface area (Å²) in [7, 11) is 0. The standard InChI is InChI=1S/C19H29N3O2/c23-19(20-15-17-7-3-1-4-8-17)22-10-6-2-5-9-18(22)16-21-11-13-24-14-12-21/h1,3-4,7-8,18H,2,5-6,9-16H2,(H,20,23). The highest BCUT2D eigenvalue weighted by Gasteiger charge is 2.27. The summed E-state index contributed by atoms with van der Waals surface area (Å²) in [6.45, 7) is 6.03. The highest BCUT2D eigenvalue weighted by Crippen LogP contribution is 2.18. The molecule has 3 rings (SSSR count). The fourth-order valence-corrected chi connectivity index (χ4v) is 3.59. The average Bonchev–Trinajstić information content (AvgIpc) is 2.87. The van der Waals surface area contributed by atoms with Crippen molar-refractivity contribution in [2.75, 3.05) is 39.4 Å². The maximum Gasteiger partial charge on any atom is 0.317 e. The second-order valence-corrected chi connectivity index (χ2v) is 6.75. The second-order valence-electron chi connectivity index (χ2n) is 6.75. The fourth-order valence-electron chi connectivity index (χ4n) is 3.59. The van der Waals surface area contributed by atoms with Crippen molar-refractivity contribution in [2.24, 2.45) is 0 Å². The van der Waals surface area contributed by atoms with Crippen LogP contribution in [0.1, 0.15) is 31.2 Å². The van der Waals surface area contributed by atoms with Crippen molar-refractivity contribution in [3.63, 3.8) is 0 Å². The van der Waals surface area contributed by atoms with Crippen LogP contribution < -0.4 is 5.32 Å². The molecule has 1 aromatic rings. The van der Waals surface area contributed by atoms with Gasteiger partial charge in [-0.15, -0.1) is 0 Å². The molecule has 2 aliphatic rings. The molecule has 2 amide bonds. The predicted octanol–water partition coefficient (Wildman–Crippen LogP) is 2.47. The van der Waals surface area contributed by atoms with E-state index in [2.05, 4.69) is 15.1 Å². The lowest BCUT2D eigenvalue weighted by molar-refractivity contribution is 0.0260. The lowest BCUT2D eigenvalue weighted by Crippen LogP contribution is -2.51. The number of rotatable bonds is 4. The normalized spacial score (nSPS) is 22.8. The van der Waals surface area contributed by atoms with Crippen molar-refractivity contribution in [2.45, 2.75) is 38.3 Å². The molecule has 2 saturated heterocycles. The molecule has 1 N–H and O–H groups in total. The molecule has 24 heavy (non-hydrogen) atoms. The van der Waals surface area contributed by atoms with Gasteiger partial charge in [0.05, 0.1) is 13.2 Å². The first-order valence-corrected chi connectivity index (χ1v) is 9.21. The monoisotopic (exact) mass is 331 g/mol. The van der Waals surface area contributed by atoms with Gasteiger partial charge in [0, 0.05) is 38.8 Å². The molecule has 2 fully saturated rings. The number of carbonyl (C=O) groups is 1. The van der Waals surface area contributed by atoms with Crippen molar-refractivity contribution in [3.8, 4) is 0 Å². The van der Waals surface area contributed by atoms with Crippen LogP contribution >= 0.6 is 0 Å². The van der Waals surface area contributed by atoms with Gasteiger partial charge in [-0.3, -0.25) is 4.90 Å². The van der Waals surface area contributed by atoms with Crippen LogP contribution in [0.3, 0.4) is 0 Å². The van der Waals surface area contributed by atoms with E-state index >= 15 is 0 Å². The van der Waals surface area contributed by atoms with Gasteiger partial charge in [-0.25, -0.2) is 4.79 Å². The third-order valence-corrected chi connectivity index (χ3v) is 5.00. The van der Waals surface area contributed by atoms with Crippen LogP contribution in [0.2, 0.25) is 0 Å². The Morgan fingerprint density at radius 3 is 2.67 bits per heavy atom. The number of nitrogens with one attached hydrogen (secondary N) is 1. The molecule has 0 saturated carbocycles. The Morgan fingerprint density at radius 2 is 1.88 bits per heavy atom. The molecule has 0 aromatic heterocycles. The zero-order chi connectivity index (χ0) is 16.6. The molecule has 1 unspecified atom stereocenters. The second kappa shape index (κ2) is 9.04. The molecule has 5 heteroatoms. The Bertz CT molecular complexity index is 503. The van der Waals surface area contributed by atoms with E-state index in [1.54, 1.807) is 0 Å². The number of amides is 2. The van der Waals surface area contributed by atoms with Crippen LogP contribution in [0.5, 0.6) is 0 Å². The summed E-state index contributed by atoms with van der Waals surface area (Å²) in [5.41, 5.74) is 1.14. The summed E-state index contributed by atoms with van der Waals surface area (Å²) < 4.78 is 5.44. The number of likely N-dealkylation sites (tertiary alicyclic amines) is 1. The minimum absolute atomic E-state index is 0.0824. The third-order valence-electron chi connectivity index (χ3n) is 5.00. The summed E-state index contributed by atoms with van der Waals surface area (Å²) in [4.78, 5) is 17.3. The number of hydrogen-bond donors (Lipinski definition) is 1. The van der Waals surface area contributed by atoms with Crippen LogP contribution in [0, 0.1) is 0 Å². The minimum atomic E-state index is 0.0824. The Kier molecular flexibility index (Phi) is 6.49. The first kappa shape index (κ1) is 17.2. The summed E-state index contributed by atoms with van der Waals surface area (Å²) in [5, 5.41) is 3.11. The molecule has 1 atom stereocenters. The van der Waals surface area contributed by atoms with E-state index in [1.165, 1.54) is 12.8 Å². The van der Waals surface area contributed by atoms with E-state index in [1.807, 2.05) is 30.3 Å². The topological polar surface area (TPSA) is 44.8 Å². The lowest BCUT2D eigenvalue weighted by Gasteiger charge is -2.36. The highest BCUT2D eigenvalue weighted by molar-refractivity contribution is 5.74. The van der Waals surface area contributed by atoms with Crippen molar-refractivity contribution in [3.05, 3.63) is 35.9 Å². The lowest BCUT2D eigenvalue weighted by atomic mass is 10.1. The number of benzene rings is 1. The molecule has 5 nitrogen and oxygen atoms in total. The Hall–Kier alpha value is -1.59. The summed E-state index contributed by atoms with van der Waals surface area (Å²) in [6.07, 6.45) is 4.66. The first-order valence-electron chi connectivity index (χ1n) is 9.21. The third kappa shape index (κ3) is 4.95. The van der Waals surface area contributed by atoms with E-state index in [9.17, 15) is 4.79 Å². The van der Waals surface area contributed by atoms with Crippen LogP contribution in [0.4, 0.5) is 4.79 Å². The number of carbonyl (C=O) groups excluding carboxylic acids is 1. The van der Waals surface area contributed by atoms with Gasteiger partial charge in [0.2, 0.25) is 0 Å². The van der Waals surface area contributed by atoms with Crippen LogP contribution in [0.25, 0.3) is 0 Å². The number of ether oxygens (including phenoxy) is 1. The highest BCUT2D eigenvalue weighted by atomic mass is 16.5. The van der Waals surface area contributed by atoms with E-state index in [-0.39, 0.29) is 6.03 Å². The largest absolute Gasteiger partial charge is 0.379 e. The van der Waals surface area contributed by atoms with Crippen LogP contribution in [-0.2, 0) is 11.3 Å². The van der Waals surface area contributed by atoms with Gasteiger partial charge in [-0.2, -0.15) is 0 Å². The SMILES string of the molecule is O=C(NCc1ccccc1)N1CCCCCC1CN1CCOCC1. The zero-order valence-corrected chi connectivity index (χ0v) is 14.5. The van der Waals surface area contributed by atoms with E-state index in [4.69, 9.17) is 4.74 Å². The number of hydrogen-bond acceptors (Lipinski definition) is 3. The molecule has 2 aliphatic heterocycles. The number of nitrogens with zero attached hydrogens (tertiary/aromatic N) is 2. The summed E-state index contributed by atoms with van der Waals surface area (Å²) >= 11 is 0. The number of morpholine rings is 1. The Labute approximate surface area is 145 Å². The van der Waals surface area contributed by atoms with Crippen molar-refractivity contribution in [1.82, 2.24) is 15.1 Å². The molecule has 132 valence electrons. The quantitative estimate of drug-likeness (QED) is 0.922. The van der Waals surface area contributed by atoms with Gasteiger partial charge in [-0.05, 0) is 18.4 Å². The van der Waals surface area contributed by atoms with E-state index in [0.717, 1.165) is 57.8 Å². The molecule has 1 aromatic carbocycles. The van der Waals surface area contributed by atoms with Crippen molar-refractivity contribution in [1.29, 1.82) is 0 Å². The van der Waals surface area contributed by atoms with Crippen molar-refractivity contribution >= 4 is 6.03 Å². The first-order chi connectivity index (χ1) is 11.8. The average molecular weight is 331 g/mol. The smallest absolute Gasteiger partial charge is 0.317 e. The van der Waals surface area contributed by atoms with E-state index in [0.29, 0.717) is 12.6 Å². The van der Waals surface area contributed by atoms with Gasteiger partial charge in [-0.1, -0.05) is 43.2 Å². The van der Waals surface area contributed by atoms with Gasteiger partial charge in [0.15, 0.2) is 0 Å². The minimum Gasteiger partial charge on any atom is -0.379 e. The van der Waals surface area contributed by atoms with Gasteiger partial charge < -0.3 is 15.0 Å². The molecule has 2 heterocycles. The predicted molar refractivity (Wildman–Crippen MR) is 94.9 cm³/mol. The van der Waals surface area contributed by atoms with Crippen LogP contribution in [-0.4, -0.2) is 61.3 Å². The fraction of sp³-hybridized carbons (Fsp3) is 0.632. The molecule has 0 spiro atoms. The Balaban J connectivity index is 1.57. The summed E-state index contributed by atoms with van der Waals surface area (Å²) in [6, 6.07) is 10.5. The molecular weight excluding hydrogens is 302 g/mol. The van der Waals surface area contributed by atoms with Gasteiger partial charge >= 0.3 is 6.03 Å². The van der Waals surface area contributed by atoms with Crippen LogP contribution in [0.15, 0.2) is 30.3 Å². The zero-order valence-electron chi connectivity index (χ0n) is 14.5. The molecule has 0 radical (unpaired) electrons. The number of urea groups is 1. The maximum atomic E-state index is 12.7.